The molecule has 0 aliphatic carbocycles. The number of carbonyl (C=O) groups is 2. The SMILES string of the molecule is CCNc1ncc2c(n1)N(C)CCN(c1cccc(CCN(C)C(=O)O)c1)C2=O. The van der Waals surface area contributed by atoms with Gasteiger partial charge in [0.2, 0.25) is 5.95 Å². The lowest BCUT2D eigenvalue weighted by Gasteiger charge is -2.22. The summed E-state index contributed by atoms with van der Waals surface area (Å²) in [5, 5.41) is 12.1. The molecule has 1 aromatic carbocycles. The molecule has 0 unspecified atom stereocenters. The summed E-state index contributed by atoms with van der Waals surface area (Å²) in [5.41, 5.74) is 2.21. The van der Waals surface area contributed by atoms with E-state index in [9.17, 15) is 9.59 Å². The van der Waals surface area contributed by atoms with E-state index >= 15 is 0 Å². The van der Waals surface area contributed by atoms with Gasteiger partial charge in [0.25, 0.3) is 5.91 Å². The van der Waals surface area contributed by atoms with Crippen LogP contribution in [0.3, 0.4) is 0 Å². The van der Waals surface area contributed by atoms with Crippen molar-refractivity contribution < 1.29 is 14.7 Å². The van der Waals surface area contributed by atoms with E-state index in [4.69, 9.17) is 5.11 Å². The van der Waals surface area contributed by atoms with Gasteiger partial charge in [-0.15, -0.1) is 0 Å². The standard InChI is InChI=1S/C20H26N6O3/c1-4-21-19-22-13-16-17(23-19)24(2)10-11-26(18(16)27)15-7-5-6-14(12-15)8-9-25(3)20(28)29/h5-7,12-13H,4,8-11H2,1-3H3,(H,28,29)(H,21,22,23). The summed E-state index contributed by atoms with van der Waals surface area (Å²) < 4.78 is 0. The molecule has 9 heteroatoms. The largest absolute Gasteiger partial charge is 0.465 e. The van der Waals surface area contributed by atoms with E-state index in [0.29, 0.717) is 49.9 Å². The van der Waals surface area contributed by atoms with Gasteiger partial charge in [0.15, 0.2) is 0 Å². The van der Waals surface area contributed by atoms with E-state index in [1.807, 2.05) is 43.1 Å². The molecule has 1 aliphatic rings. The number of fused-ring (bicyclic) bond motifs is 1. The van der Waals surface area contributed by atoms with Crippen molar-refractivity contribution in [1.29, 1.82) is 0 Å². The normalized spacial score (nSPS) is 13.7. The van der Waals surface area contributed by atoms with Crippen molar-refractivity contribution in [3.8, 4) is 0 Å². The Labute approximate surface area is 170 Å². The molecule has 1 aromatic heterocycles. The Hall–Kier alpha value is -3.36. The summed E-state index contributed by atoms with van der Waals surface area (Å²) in [4.78, 5) is 37.9. The number of carboxylic acid groups (broad SMARTS) is 1. The molecule has 3 rings (SSSR count). The second-order valence-electron chi connectivity index (χ2n) is 6.96. The Morgan fingerprint density at radius 2 is 2.14 bits per heavy atom. The number of aromatic nitrogens is 2. The third-order valence-electron chi connectivity index (χ3n) is 4.88. The minimum absolute atomic E-state index is 0.146. The fourth-order valence-electron chi connectivity index (χ4n) is 3.18. The van der Waals surface area contributed by atoms with Crippen molar-refractivity contribution in [2.24, 2.45) is 0 Å². The van der Waals surface area contributed by atoms with Gasteiger partial charge in [-0.2, -0.15) is 4.98 Å². The van der Waals surface area contributed by atoms with Crippen LogP contribution in [0.1, 0.15) is 22.8 Å². The molecule has 2 N–H and O–H groups in total. The van der Waals surface area contributed by atoms with E-state index in [1.165, 1.54) is 4.90 Å². The Bertz CT molecular complexity index is 904. The number of anilines is 3. The first-order valence-electron chi connectivity index (χ1n) is 9.57. The maximum Gasteiger partial charge on any atom is 0.407 e. The highest BCUT2D eigenvalue weighted by Gasteiger charge is 2.28. The number of nitrogens with zero attached hydrogens (tertiary/aromatic N) is 5. The van der Waals surface area contributed by atoms with Crippen LogP contribution < -0.4 is 15.1 Å². The van der Waals surface area contributed by atoms with Crippen LogP contribution >= 0.6 is 0 Å². The van der Waals surface area contributed by atoms with Crippen LogP contribution in [0.5, 0.6) is 0 Å². The van der Waals surface area contributed by atoms with Gasteiger partial charge in [0.05, 0.1) is 0 Å². The van der Waals surface area contributed by atoms with E-state index in [-0.39, 0.29) is 5.91 Å². The monoisotopic (exact) mass is 398 g/mol. The molecule has 0 fully saturated rings. The molecule has 9 nitrogen and oxygen atoms in total. The average Bonchev–Trinajstić information content (AvgIpc) is 2.83. The second kappa shape index (κ2) is 8.76. The number of amides is 2. The van der Waals surface area contributed by atoms with Crippen LogP contribution in [0.25, 0.3) is 0 Å². The molecule has 2 heterocycles. The van der Waals surface area contributed by atoms with Crippen molar-refractivity contribution in [1.82, 2.24) is 14.9 Å². The maximum absolute atomic E-state index is 13.2. The van der Waals surface area contributed by atoms with Gasteiger partial charge in [-0.25, -0.2) is 9.78 Å². The lowest BCUT2D eigenvalue weighted by molar-refractivity contribution is 0.0989. The van der Waals surface area contributed by atoms with Crippen LogP contribution in [-0.2, 0) is 6.42 Å². The molecule has 0 bridgehead atoms. The zero-order valence-corrected chi connectivity index (χ0v) is 16.9. The van der Waals surface area contributed by atoms with Gasteiger partial charge in [-0.3, -0.25) is 4.79 Å². The topological polar surface area (TPSA) is 102 Å². The van der Waals surface area contributed by atoms with Gasteiger partial charge < -0.3 is 25.1 Å². The van der Waals surface area contributed by atoms with Crippen molar-refractivity contribution in [3.05, 3.63) is 41.6 Å². The molecule has 1 aliphatic heterocycles. The maximum atomic E-state index is 13.2. The van der Waals surface area contributed by atoms with E-state index in [2.05, 4.69) is 15.3 Å². The molecule has 0 spiro atoms. The highest BCUT2D eigenvalue weighted by atomic mass is 16.4. The summed E-state index contributed by atoms with van der Waals surface area (Å²) in [6.07, 6.45) is 1.19. The Balaban J connectivity index is 1.85. The molecule has 2 amide bonds. The predicted molar refractivity (Wildman–Crippen MR) is 112 cm³/mol. The summed E-state index contributed by atoms with van der Waals surface area (Å²) in [6.45, 7) is 4.20. The predicted octanol–water partition coefficient (Wildman–Crippen LogP) is 2.16. The van der Waals surface area contributed by atoms with Crippen molar-refractivity contribution in [2.75, 3.05) is 55.4 Å². The zero-order chi connectivity index (χ0) is 21.0. The lowest BCUT2D eigenvalue weighted by Crippen LogP contribution is -2.33. The summed E-state index contributed by atoms with van der Waals surface area (Å²) in [7, 11) is 3.45. The molecule has 0 saturated heterocycles. The number of nitrogens with one attached hydrogen (secondary N) is 1. The van der Waals surface area contributed by atoms with Crippen molar-refractivity contribution in [3.63, 3.8) is 0 Å². The number of benzene rings is 1. The van der Waals surface area contributed by atoms with Gasteiger partial charge in [-0.05, 0) is 31.0 Å². The molecule has 0 saturated carbocycles. The number of carbonyl (C=O) groups excluding carboxylic acids is 1. The first kappa shape index (κ1) is 20.4. The van der Waals surface area contributed by atoms with Gasteiger partial charge in [-0.1, -0.05) is 12.1 Å². The number of rotatable bonds is 6. The fourth-order valence-corrected chi connectivity index (χ4v) is 3.18. The smallest absolute Gasteiger partial charge is 0.407 e. The Morgan fingerprint density at radius 1 is 1.34 bits per heavy atom. The zero-order valence-electron chi connectivity index (χ0n) is 16.9. The third-order valence-corrected chi connectivity index (χ3v) is 4.88. The third kappa shape index (κ3) is 4.56. The molecular weight excluding hydrogens is 372 g/mol. The van der Waals surface area contributed by atoms with Crippen LogP contribution in [-0.4, -0.2) is 72.2 Å². The summed E-state index contributed by atoms with van der Waals surface area (Å²) >= 11 is 0. The van der Waals surface area contributed by atoms with Crippen LogP contribution in [0.2, 0.25) is 0 Å². The van der Waals surface area contributed by atoms with E-state index in [0.717, 1.165) is 11.3 Å². The van der Waals surface area contributed by atoms with E-state index in [1.54, 1.807) is 18.1 Å². The minimum Gasteiger partial charge on any atom is -0.465 e. The van der Waals surface area contributed by atoms with Crippen LogP contribution in [0.15, 0.2) is 30.5 Å². The molecule has 29 heavy (non-hydrogen) atoms. The number of likely N-dealkylation sites (N-methyl/N-ethyl adjacent to an activating group) is 2. The Kier molecular flexibility index (Phi) is 6.16. The Morgan fingerprint density at radius 3 is 2.86 bits per heavy atom. The number of hydrogen-bond donors (Lipinski definition) is 2. The highest BCUT2D eigenvalue weighted by molar-refractivity contribution is 6.09. The minimum atomic E-state index is -0.958. The van der Waals surface area contributed by atoms with Crippen molar-refractivity contribution >= 4 is 29.5 Å². The second-order valence-corrected chi connectivity index (χ2v) is 6.96. The highest BCUT2D eigenvalue weighted by Crippen LogP contribution is 2.26. The van der Waals surface area contributed by atoms with Crippen molar-refractivity contribution in [2.45, 2.75) is 13.3 Å². The first-order valence-corrected chi connectivity index (χ1v) is 9.57. The number of hydrogen-bond acceptors (Lipinski definition) is 6. The molecule has 0 atom stereocenters. The molecule has 154 valence electrons. The average molecular weight is 398 g/mol. The van der Waals surface area contributed by atoms with Gasteiger partial charge >= 0.3 is 6.09 Å². The lowest BCUT2D eigenvalue weighted by atomic mass is 10.1. The summed E-state index contributed by atoms with van der Waals surface area (Å²) in [5.74, 6) is 0.971. The van der Waals surface area contributed by atoms with E-state index < -0.39 is 6.09 Å². The van der Waals surface area contributed by atoms with Gasteiger partial charge in [0, 0.05) is 52.2 Å². The van der Waals surface area contributed by atoms with Crippen LogP contribution in [0.4, 0.5) is 22.2 Å². The van der Waals surface area contributed by atoms with Crippen LogP contribution in [0, 0.1) is 0 Å². The molecule has 2 aromatic rings. The summed E-state index contributed by atoms with van der Waals surface area (Å²) in [6, 6.07) is 7.65. The first-order chi connectivity index (χ1) is 13.9. The quantitative estimate of drug-likeness (QED) is 0.769. The van der Waals surface area contributed by atoms with Gasteiger partial charge in [0.1, 0.15) is 11.4 Å². The fraction of sp³-hybridized carbons (Fsp3) is 0.400. The molecule has 0 radical (unpaired) electrons. The molecular formula is C20H26N6O3.